The first-order valence-electron chi connectivity index (χ1n) is 6.90. The molecule has 5 heteroatoms. The molecule has 0 unspecified atom stereocenters. The number of carboxylic acid groups (broad SMARTS) is 1. The average Bonchev–Trinajstić information content (AvgIpc) is 2.46. The van der Waals surface area contributed by atoms with Gasteiger partial charge in [0.1, 0.15) is 0 Å². The van der Waals surface area contributed by atoms with Gasteiger partial charge in [0.25, 0.3) is 5.91 Å². The van der Waals surface area contributed by atoms with Gasteiger partial charge < -0.3 is 10.0 Å². The Morgan fingerprint density at radius 1 is 1.29 bits per heavy atom. The van der Waals surface area contributed by atoms with E-state index in [1.54, 1.807) is 11.0 Å². The number of benzene rings is 1. The molecule has 1 aromatic carbocycles. The first-order valence-corrected chi connectivity index (χ1v) is 6.90. The van der Waals surface area contributed by atoms with Crippen LogP contribution in [0.3, 0.4) is 0 Å². The third kappa shape index (κ3) is 3.37. The van der Waals surface area contributed by atoms with E-state index in [9.17, 15) is 9.59 Å². The van der Waals surface area contributed by atoms with Crippen molar-refractivity contribution in [1.29, 1.82) is 0 Å². The SMILES string of the molecule is CCN(CCC(=O)O)C(=O)c1cc(C)nc2ccccc12. The minimum Gasteiger partial charge on any atom is -0.481 e. The van der Waals surface area contributed by atoms with Gasteiger partial charge in [0.2, 0.25) is 0 Å². The number of hydrogen-bond donors (Lipinski definition) is 1. The Kier molecular flexibility index (Phi) is 4.52. The van der Waals surface area contributed by atoms with Crippen molar-refractivity contribution in [3.63, 3.8) is 0 Å². The van der Waals surface area contributed by atoms with E-state index in [1.165, 1.54) is 0 Å². The maximum atomic E-state index is 12.7. The van der Waals surface area contributed by atoms with Crippen LogP contribution in [0, 0.1) is 6.92 Å². The molecule has 0 aliphatic rings. The predicted octanol–water partition coefficient (Wildman–Crippen LogP) is 2.48. The quantitative estimate of drug-likeness (QED) is 0.916. The van der Waals surface area contributed by atoms with Gasteiger partial charge in [-0.05, 0) is 26.0 Å². The predicted molar refractivity (Wildman–Crippen MR) is 80.3 cm³/mol. The van der Waals surface area contributed by atoms with Crippen molar-refractivity contribution in [1.82, 2.24) is 9.88 Å². The molecule has 0 spiro atoms. The first-order chi connectivity index (χ1) is 10.0. The van der Waals surface area contributed by atoms with Crippen LogP contribution in [0.2, 0.25) is 0 Å². The number of carbonyl (C=O) groups is 2. The van der Waals surface area contributed by atoms with E-state index < -0.39 is 5.97 Å². The van der Waals surface area contributed by atoms with E-state index in [4.69, 9.17) is 5.11 Å². The molecule has 0 saturated carbocycles. The summed E-state index contributed by atoms with van der Waals surface area (Å²) in [5.74, 6) is -1.06. The van der Waals surface area contributed by atoms with Crippen LogP contribution >= 0.6 is 0 Å². The van der Waals surface area contributed by atoms with Gasteiger partial charge in [-0.15, -0.1) is 0 Å². The molecular weight excluding hydrogens is 268 g/mol. The van der Waals surface area contributed by atoms with Crippen molar-refractivity contribution in [3.05, 3.63) is 41.6 Å². The zero-order chi connectivity index (χ0) is 15.4. The van der Waals surface area contributed by atoms with Gasteiger partial charge >= 0.3 is 5.97 Å². The average molecular weight is 286 g/mol. The molecule has 1 N–H and O–H groups in total. The largest absolute Gasteiger partial charge is 0.481 e. The van der Waals surface area contributed by atoms with Gasteiger partial charge in [-0.25, -0.2) is 0 Å². The third-order valence-electron chi connectivity index (χ3n) is 3.34. The summed E-state index contributed by atoms with van der Waals surface area (Å²) < 4.78 is 0. The molecule has 0 aliphatic heterocycles. The van der Waals surface area contributed by atoms with Crippen LogP contribution in [0.15, 0.2) is 30.3 Å². The van der Waals surface area contributed by atoms with Crippen LogP contribution in [0.1, 0.15) is 29.4 Å². The number of rotatable bonds is 5. The normalized spacial score (nSPS) is 10.6. The highest BCUT2D eigenvalue weighted by Gasteiger charge is 2.18. The fourth-order valence-corrected chi connectivity index (χ4v) is 2.29. The van der Waals surface area contributed by atoms with E-state index in [1.807, 2.05) is 38.1 Å². The zero-order valence-corrected chi connectivity index (χ0v) is 12.2. The monoisotopic (exact) mass is 286 g/mol. The first kappa shape index (κ1) is 15.0. The molecule has 0 atom stereocenters. The van der Waals surface area contributed by atoms with Gasteiger partial charge in [-0.1, -0.05) is 18.2 Å². The fourth-order valence-electron chi connectivity index (χ4n) is 2.29. The molecule has 2 aromatic rings. The van der Waals surface area contributed by atoms with Crippen molar-refractivity contribution in [2.75, 3.05) is 13.1 Å². The molecule has 0 saturated heterocycles. The van der Waals surface area contributed by atoms with Crippen LogP contribution in [0.4, 0.5) is 0 Å². The standard InChI is InChI=1S/C16H18N2O3/c1-3-18(9-8-15(19)20)16(21)13-10-11(2)17-14-7-5-4-6-12(13)14/h4-7,10H,3,8-9H2,1-2H3,(H,19,20). The second-order valence-electron chi connectivity index (χ2n) is 4.86. The lowest BCUT2D eigenvalue weighted by Gasteiger charge is -2.21. The van der Waals surface area contributed by atoms with Crippen LogP contribution in [-0.4, -0.2) is 40.0 Å². The Morgan fingerprint density at radius 2 is 2.00 bits per heavy atom. The fraction of sp³-hybridized carbons (Fsp3) is 0.312. The summed E-state index contributed by atoms with van der Waals surface area (Å²) in [4.78, 5) is 29.3. The summed E-state index contributed by atoms with van der Waals surface area (Å²) in [6.07, 6.45) is -0.0540. The third-order valence-corrected chi connectivity index (χ3v) is 3.34. The van der Waals surface area contributed by atoms with Crippen LogP contribution in [0.25, 0.3) is 10.9 Å². The van der Waals surface area contributed by atoms with E-state index in [2.05, 4.69) is 4.98 Å². The molecular formula is C16H18N2O3. The molecule has 0 radical (unpaired) electrons. The zero-order valence-electron chi connectivity index (χ0n) is 12.2. The molecule has 0 aliphatic carbocycles. The van der Waals surface area contributed by atoms with Gasteiger partial charge in [0, 0.05) is 24.2 Å². The minimum atomic E-state index is -0.906. The van der Waals surface area contributed by atoms with Crippen molar-refractivity contribution < 1.29 is 14.7 Å². The number of fused-ring (bicyclic) bond motifs is 1. The summed E-state index contributed by atoms with van der Waals surface area (Å²) >= 11 is 0. The maximum absolute atomic E-state index is 12.7. The highest BCUT2D eigenvalue weighted by atomic mass is 16.4. The molecule has 0 fully saturated rings. The molecule has 110 valence electrons. The Balaban J connectivity index is 2.39. The number of para-hydroxylation sites is 1. The Hall–Kier alpha value is -2.43. The summed E-state index contributed by atoms with van der Waals surface area (Å²) in [6, 6.07) is 9.23. The molecule has 2 rings (SSSR count). The van der Waals surface area contributed by atoms with Gasteiger partial charge in [-0.3, -0.25) is 14.6 Å². The Morgan fingerprint density at radius 3 is 2.67 bits per heavy atom. The van der Waals surface area contributed by atoms with Crippen LogP contribution in [-0.2, 0) is 4.79 Å². The summed E-state index contributed by atoms with van der Waals surface area (Å²) in [6.45, 7) is 4.37. The number of carbonyl (C=O) groups excluding carboxylic acids is 1. The Labute approximate surface area is 123 Å². The highest BCUT2D eigenvalue weighted by Crippen LogP contribution is 2.20. The number of carboxylic acids is 1. The minimum absolute atomic E-state index is 0.0540. The number of aryl methyl sites for hydroxylation is 1. The van der Waals surface area contributed by atoms with Gasteiger partial charge in [0.15, 0.2) is 0 Å². The molecule has 1 amide bonds. The van der Waals surface area contributed by atoms with Crippen molar-refractivity contribution >= 4 is 22.8 Å². The number of aliphatic carboxylic acids is 1. The van der Waals surface area contributed by atoms with E-state index in [-0.39, 0.29) is 18.9 Å². The van der Waals surface area contributed by atoms with Crippen molar-refractivity contribution in [2.45, 2.75) is 20.3 Å². The lowest BCUT2D eigenvalue weighted by atomic mass is 10.1. The summed E-state index contributed by atoms with van der Waals surface area (Å²) in [5, 5.41) is 9.57. The summed E-state index contributed by atoms with van der Waals surface area (Å²) in [7, 11) is 0. The smallest absolute Gasteiger partial charge is 0.305 e. The van der Waals surface area contributed by atoms with E-state index in [0.717, 1.165) is 16.6 Å². The number of nitrogens with zero attached hydrogens (tertiary/aromatic N) is 2. The Bertz CT molecular complexity index is 682. The molecule has 1 aromatic heterocycles. The number of aromatic nitrogens is 1. The maximum Gasteiger partial charge on any atom is 0.305 e. The second-order valence-corrected chi connectivity index (χ2v) is 4.86. The summed E-state index contributed by atoms with van der Waals surface area (Å²) in [5.41, 5.74) is 2.12. The molecule has 21 heavy (non-hydrogen) atoms. The van der Waals surface area contributed by atoms with Crippen molar-refractivity contribution in [3.8, 4) is 0 Å². The van der Waals surface area contributed by atoms with Crippen molar-refractivity contribution in [2.24, 2.45) is 0 Å². The molecule has 5 nitrogen and oxygen atoms in total. The second kappa shape index (κ2) is 6.35. The topological polar surface area (TPSA) is 70.5 Å². The van der Waals surface area contributed by atoms with Crippen LogP contribution in [0.5, 0.6) is 0 Å². The van der Waals surface area contributed by atoms with E-state index in [0.29, 0.717) is 12.1 Å². The lowest BCUT2D eigenvalue weighted by molar-refractivity contribution is -0.137. The lowest BCUT2D eigenvalue weighted by Crippen LogP contribution is -2.33. The molecule has 1 heterocycles. The van der Waals surface area contributed by atoms with E-state index >= 15 is 0 Å². The van der Waals surface area contributed by atoms with Gasteiger partial charge in [0.05, 0.1) is 17.5 Å². The van der Waals surface area contributed by atoms with Crippen LogP contribution < -0.4 is 0 Å². The number of pyridine rings is 1. The van der Waals surface area contributed by atoms with Gasteiger partial charge in [-0.2, -0.15) is 0 Å². The molecule has 0 bridgehead atoms. The number of amides is 1. The highest BCUT2D eigenvalue weighted by molar-refractivity contribution is 6.06. The number of hydrogen-bond acceptors (Lipinski definition) is 3.